The molecule has 0 atom stereocenters. The number of hydrogen-bond donors (Lipinski definition) is 0. The lowest BCUT2D eigenvalue weighted by Crippen LogP contribution is -2.00. The molecule has 0 amide bonds. The van der Waals surface area contributed by atoms with Crippen molar-refractivity contribution >= 4 is 0 Å². The Kier molecular flexibility index (Phi) is 11.3. The molecule has 0 heterocycles. The third-order valence-corrected chi connectivity index (χ3v) is 3.12. The largest absolute Gasteiger partial charge is 0.0656 e. The minimum atomic E-state index is -3.48. The summed E-state index contributed by atoms with van der Waals surface area (Å²) >= 11 is 0. The molecule has 0 unspecified atom stereocenters. The summed E-state index contributed by atoms with van der Waals surface area (Å²) < 4.78 is 358. The highest BCUT2D eigenvalue weighted by Crippen LogP contribution is 2.16. The van der Waals surface area contributed by atoms with Crippen LogP contribution in [0.3, 0.4) is 0 Å². The van der Waals surface area contributed by atoms with Crippen molar-refractivity contribution in [3.63, 3.8) is 0 Å². The van der Waals surface area contributed by atoms with E-state index >= 15 is 0 Å². The van der Waals surface area contributed by atoms with Crippen molar-refractivity contribution in [2.75, 3.05) is 0 Å². The molecule has 0 aromatic heterocycles. The predicted octanol–water partition coefficient (Wildman–Crippen LogP) is 17.1. The van der Waals surface area contributed by atoms with Gasteiger partial charge in [-0.05, 0) is 34.5 Å². The monoisotopic (exact) mass is 642 g/mol. The zero-order valence-electron chi connectivity index (χ0n) is 78.0. The summed E-state index contributed by atoms with van der Waals surface area (Å²) in [5, 5.41) is 0. The predicted molar refractivity (Wildman–Crippen MR) is 206 cm³/mol. The van der Waals surface area contributed by atoms with Crippen molar-refractivity contribution in [2.45, 2.75) is 236 Å². The maximum Gasteiger partial charge on any atom is 0.0297 e. The van der Waals surface area contributed by atoms with Gasteiger partial charge in [0.2, 0.25) is 0 Å². The van der Waals surface area contributed by atoms with E-state index in [1.54, 1.807) is 13.8 Å². The van der Waals surface area contributed by atoms with Crippen LogP contribution in [0.4, 0.5) is 0 Å². The Morgan fingerprint density at radius 3 is 1.10 bits per heavy atom. The average molecular weight is 643 g/mol. The van der Waals surface area contributed by atoms with Crippen molar-refractivity contribution < 1.29 is 69.9 Å². The van der Waals surface area contributed by atoms with Crippen molar-refractivity contribution in [3.8, 4) is 0 Å². The Bertz CT molecular complexity index is 1760. The molecule has 0 nitrogen and oxygen atoms in total. The van der Waals surface area contributed by atoms with Gasteiger partial charge in [-0.25, -0.2) is 0 Å². The average Bonchev–Trinajstić information content (AvgIpc) is 3.20. The van der Waals surface area contributed by atoms with Crippen LogP contribution in [0.15, 0.2) is 0 Å². The molecule has 0 aliphatic carbocycles. The number of rotatable bonds is 7. The topological polar surface area (TPSA) is 0 Å². The lowest BCUT2D eigenvalue weighted by molar-refractivity contribution is 0.397. The molecule has 0 saturated heterocycles. The van der Waals surface area contributed by atoms with Crippen molar-refractivity contribution in [1.82, 2.24) is 0 Å². The minimum absolute atomic E-state index is 0.160. The fourth-order valence-corrected chi connectivity index (χ4v) is 0.677. The lowest BCUT2D eigenvalue weighted by Gasteiger charge is -2.12. The van der Waals surface area contributed by atoms with E-state index < -0.39 is 156 Å². The van der Waals surface area contributed by atoms with Crippen LogP contribution in [0, 0.1) is 34.5 Å². The molecule has 0 aliphatic heterocycles. The van der Waals surface area contributed by atoms with Crippen LogP contribution < -0.4 is 0 Å². The molecule has 0 bridgehead atoms. The van der Waals surface area contributed by atoms with E-state index in [4.69, 9.17) is 69.9 Å². The van der Waals surface area contributed by atoms with Crippen molar-refractivity contribution in [1.29, 1.82) is 0 Å². The van der Waals surface area contributed by atoms with Gasteiger partial charge >= 0.3 is 0 Å². The summed E-state index contributed by atoms with van der Waals surface area (Å²) in [5.74, 6) is -7.86. The first-order chi connectivity index (χ1) is 38.9. The standard InChI is InChI=1S/C7H16.2C6H14.3C5H12.C4H10.C3H8/c1-3-5-7-6-4-2;2*1-5-6(2,3)4;3*1-4-5(2)3;1-4(2)3;1-3-2/h3-7H2,1-2H3;2*5H2,1-4H3;3*5H,4H2,1-3H3;4H,1-3H3;3H2,1-2H3/i;2D3,3D3,4D3,5D2;2D3,3D3,4D3;2D3,3D3,4D2,5D;2D3,3D3,5D;2D3,3D3;1D3,2D3;1D3. The third kappa shape index (κ3) is 226. The molecular formula is C41H98. The molecule has 0 aliphatic rings. The van der Waals surface area contributed by atoms with Crippen LogP contribution in [0.25, 0.3) is 0 Å². The maximum atomic E-state index is 7.39. The quantitative estimate of drug-likeness (QED) is 0.243. The minimum Gasteiger partial charge on any atom is -0.0656 e. The molecule has 0 aromatic carbocycles. The normalized spacial score (nSPS) is 34.2. The fraction of sp³-hybridized carbons (Fsp3) is 1.00. The highest BCUT2D eigenvalue weighted by atomic mass is 14.1. The molecule has 0 aromatic rings. The zero-order chi connectivity index (χ0) is 78.0. The SMILES string of the molecule is CCCCCCC.[2H]C([2H])([2H])C(C([2H])([2H])[2H])(C([2H])([2H])[2H])C([2H])([2H])C.[2H]C([2H])([2H])C(C)C([2H])([2H])[2H].[2H]C([2H])([2H])C(CC)(C([2H])([2H])[2H])C([2H])([2H])[2H].[2H]C([2H])([2H])C(CC)C([2H])([2H])[2H].[2H]C([2H])([2H])C([2H])(C([2H])([2H])[2H])C([2H])([2H])C.[2H]C([2H])([2H])C([2H])(CC)C([2H])([2H])[2H].[2H]C([2H])([2H])CC. The van der Waals surface area contributed by atoms with Gasteiger partial charge in [-0.1, -0.05) is 236 Å². The first-order valence-corrected chi connectivity index (χ1v) is 13.4. The van der Waals surface area contributed by atoms with Gasteiger partial charge < -0.3 is 0 Å². The van der Waals surface area contributed by atoms with Crippen LogP contribution in [0.1, 0.15) is 306 Å². The molecule has 0 fully saturated rings. The van der Waals surface area contributed by atoms with E-state index in [-0.39, 0.29) is 19.3 Å². The van der Waals surface area contributed by atoms with Gasteiger partial charge in [0.05, 0.1) is 0 Å². The molecule has 0 radical (unpaired) electrons. The molecule has 262 valence electrons. The molecule has 0 N–H and O–H groups in total. The Morgan fingerprint density at radius 1 is 0.585 bits per heavy atom. The summed E-state index contributed by atoms with van der Waals surface area (Å²) in [7, 11) is 0. The van der Waals surface area contributed by atoms with Gasteiger partial charge in [-0.3, -0.25) is 0 Å². The van der Waals surface area contributed by atoms with Crippen LogP contribution in [0.2, 0.25) is 0 Å². The maximum absolute atomic E-state index is 7.39. The molecule has 0 rings (SSSR count). The summed E-state index contributed by atoms with van der Waals surface area (Å²) in [6, 6.07) is 0. The number of unbranched alkanes of at least 4 members (excludes halogenated alkanes) is 4. The summed E-state index contributed by atoms with van der Waals surface area (Å²) in [6.45, 7) is -29.6. The van der Waals surface area contributed by atoms with E-state index in [0.29, 0.717) is 6.92 Å². The first-order valence-electron chi connectivity index (χ1n) is 38.9. The van der Waals surface area contributed by atoms with E-state index in [0.717, 1.165) is 6.92 Å². The van der Waals surface area contributed by atoms with Crippen molar-refractivity contribution in [2.24, 2.45) is 34.5 Å². The van der Waals surface area contributed by atoms with Gasteiger partial charge in [0.15, 0.2) is 0 Å². The van der Waals surface area contributed by atoms with Gasteiger partial charge in [0.25, 0.3) is 0 Å². The van der Waals surface area contributed by atoms with Crippen molar-refractivity contribution in [3.05, 3.63) is 0 Å². The molecule has 0 spiro atoms. The summed E-state index contributed by atoms with van der Waals surface area (Å²) in [5.41, 5.74) is -6.06. The second kappa shape index (κ2) is 49.7. The fourth-order valence-electron chi connectivity index (χ4n) is 0.677. The summed E-state index contributed by atoms with van der Waals surface area (Å²) in [6.07, 6.45) is 1.23. The molecule has 41 heavy (non-hydrogen) atoms. The molecular weight excluding hydrogens is 492 g/mol. The second-order valence-electron chi connectivity index (χ2n) is 7.81. The highest BCUT2D eigenvalue weighted by Gasteiger charge is 2.03. The Morgan fingerprint density at radius 2 is 1.05 bits per heavy atom. The summed E-state index contributed by atoms with van der Waals surface area (Å²) in [4.78, 5) is 0. The first kappa shape index (κ1) is 9.30. The Hall–Kier alpha value is 0. The van der Waals surface area contributed by atoms with Crippen LogP contribution in [-0.4, -0.2) is 0 Å². The van der Waals surface area contributed by atoms with E-state index in [1.165, 1.54) is 52.9 Å². The van der Waals surface area contributed by atoms with Crippen LogP contribution in [0.5, 0.6) is 0 Å². The zero-order valence-corrected chi connectivity index (χ0v) is 27.0. The van der Waals surface area contributed by atoms with Gasteiger partial charge in [0.1, 0.15) is 0 Å². The second-order valence-corrected chi connectivity index (χ2v) is 7.81. The van der Waals surface area contributed by atoms with Crippen LogP contribution in [-0.2, 0) is 0 Å². The van der Waals surface area contributed by atoms with Crippen LogP contribution >= 0.6 is 0 Å². The Balaban J connectivity index is -0.000000149. The smallest absolute Gasteiger partial charge is 0.0297 e. The van der Waals surface area contributed by atoms with E-state index in [2.05, 4.69) is 13.8 Å². The molecule has 0 saturated carbocycles. The van der Waals surface area contributed by atoms with E-state index in [1.807, 2.05) is 0 Å². The number of hydrogen-bond acceptors (Lipinski definition) is 0. The van der Waals surface area contributed by atoms with Gasteiger partial charge in [-0.2, -0.15) is 0 Å². The van der Waals surface area contributed by atoms with Gasteiger partial charge in [0, 0.05) is 69.9 Å². The van der Waals surface area contributed by atoms with Gasteiger partial charge in [-0.15, -0.1) is 0 Å². The third-order valence-electron chi connectivity index (χ3n) is 3.12. The van der Waals surface area contributed by atoms with E-state index in [9.17, 15) is 0 Å². The molecule has 0 heteroatoms. The highest BCUT2D eigenvalue weighted by molar-refractivity contribution is 4.55. The lowest BCUT2D eigenvalue weighted by atomic mass is 9.94. The Labute approximate surface area is 342 Å².